The molecule has 0 aliphatic rings. The number of aromatic nitrogens is 3. The monoisotopic (exact) mass is 307 g/mol. The molecule has 0 aliphatic carbocycles. The van der Waals surface area contributed by atoms with Crippen molar-refractivity contribution in [2.75, 3.05) is 7.11 Å². The van der Waals surface area contributed by atoms with Crippen molar-refractivity contribution in [2.24, 2.45) is 0 Å². The van der Waals surface area contributed by atoms with Crippen molar-refractivity contribution in [1.82, 2.24) is 15.0 Å². The molecule has 2 aromatic rings. The Balaban J connectivity index is -0.000000249. The van der Waals surface area contributed by atoms with E-state index in [9.17, 15) is 0 Å². The van der Waals surface area contributed by atoms with E-state index in [1.807, 2.05) is 67.5 Å². The lowest BCUT2D eigenvalue weighted by atomic mass is 10.4. The molecule has 0 amide bonds. The fourth-order valence-corrected chi connectivity index (χ4v) is 0.949. The van der Waals surface area contributed by atoms with Gasteiger partial charge in [0.25, 0.3) is 0 Å². The molecular weight excluding hydrogens is 274 g/mol. The molecule has 2 aromatic heterocycles. The number of hydrogen-bond donors (Lipinski definition) is 0. The highest BCUT2D eigenvalue weighted by Crippen LogP contribution is 2.06. The summed E-state index contributed by atoms with van der Waals surface area (Å²) in [6.45, 7) is 15.9. The zero-order valence-corrected chi connectivity index (χ0v) is 15.7. The first-order valence-corrected chi connectivity index (χ1v) is 7.91. The molecule has 2 heterocycles. The SMILES string of the molecule is CC.CC.CC.COc1ccc(C)nc1.Cc1cnccn1. The number of pyridine rings is 1. The Morgan fingerprint density at radius 3 is 1.59 bits per heavy atom. The Labute approximate surface area is 137 Å². The smallest absolute Gasteiger partial charge is 0.137 e. The molecule has 0 spiro atoms. The van der Waals surface area contributed by atoms with Gasteiger partial charge in [-0.3, -0.25) is 15.0 Å². The van der Waals surface area contributed by atoms with Crippen LogP contribution < -0.4 is 4.74 Å². The molecule has 4 nitrogen and oxygen atoms in total. The van der Waals surface area contributed by atoms with Gasteiger partial charge < -0.3 is 4.74 Å². The maximum absolute atomic E-state index is 4.91. The minimum atomic E-state index is 0.806. The van der Waals surface area contributed by atoms with Crippen LogP contribution in [-0.4, -0.2) is 22.1 Å². The van der Waals surface area contributed by atoms with E-state index >= 15 is 0 Å². The van der Waals surface area contributed by atoms with Gasteiger partial charge in [-0.25, -0.2) is 0 Å². The molecule has 126 valence electrons. The molecule has 0 aromatic carbocycles. The quantitative estimate of drug-likeness (QED) is 0.720. The number of aryl methyl sites for hydroxylation is 2. The van der Waals surface area contributed by atoms with Gasteiger partial charge in [0, 0.05) is 24.3 Å². The van der Waals surface area contributed by atoms with Gasteiger partial charge >= 0.3 is 0 Å². The average Bonchev–Trinajstić information content (AvgIpc) is 2.62. The van der Waals surface area contributed by atoms with Gasteiger partial charge in [-0.15, -0.1) is 0 Å². The van der Waals surface area contributed by atoms with Gasteiger partial charge in [0.15, 0.2) is 0 Å². The molecule has 4 heteroatoms. The van der Waals surface area contributed by atoms with Crippen molar-refractivity contribution in [3.05, 3.63) is 48.3 Å². The van der Waals surface area contributed by atoms with Crippen LogP contribution in [0, 0.1) is 13.8 Å². The zero-order chi connectivity index (χ0) is 17.8. The van der Waals surface area contributed by atoms with E-state index < -0.39 is 0 Å². The van der Waals surface area contributed by atoms with Crippen LogP contribution in [-0.2, 0) is 0 Å². The highest BCUT2D eigenvalue weighted by molar-refractivity contribution is 5.18. The lowest BCUT2D eigenvalue weighted by molar-refractivity contribution is 0.412. The Morgan fingerprint density at radius 1 is 0.727 bits per heavy atom. The number of hydrogen-bond acceptors (Lipinski definition) is 4. The van der Waals surface area contributed by atoms with Gasteiger partial charge in [0.05, 0.1) is 19.0 Å². The summed E-state index contributed by atoms with van der Waals surface area (Å²) in [5, 5.41) is 0. The summed E-state index contributed by atoms with van der Waals surface area (Å²) in [5.41, 5.74) is 1.97. The zero-order valence-electron chi connectivity index (χ0n) is 15.7. The van der Waals surface area contributed by atoms with Crippen molar-refractivity contribution in [1.29, 1.82) is 0 Å². The third kappa shape index (κ3) is 16.1. The highest BCUT2D eigenvalue weighted by atomic mass is 16.5. The van der Waals surface area contributed by atoms with E-state index in [-0.39, 0.29) is 0 Å². The topological polar surface area (TPSA) is 47.9 Å². The molecule has 0 saturated heterocycles. The third-order valence-corrected chi connectivity index (χ3v) is 1.81. The van der Waals surface area contributed by atoms with Gasteiger partial charge in [0.2, 0.25) is 0 Å². The summed E-state index contributed by atoms with van der Waals surface area (Å²) in [7, 11) is 1.63. The van der Waals surface area contributed by atoms with Crippen LogP contribution in [0.25, 0.3) is 0 Å². The van der Waals surface area contributed by atoms with E-state index in [2.05, 4.69) is 15.0 Å². The summed E-state index contributed by atoms with van der Waals surface area (Å²) in [6, 6.07) is 3.81. The van der Waals surface area contributed by atoms with Crippen LogP contribution in [0.1, 0.15) is 52.9 Å². The predicted octanol–water partition coefficient (Wildman–Crippen LogP) is 5.26. The fourth-order valence-electron chi connectivity index (χ4n) is 0.949. The first-order chi connectivity index (χ1) is 10.7. The summed E-state index contributed by atoms with van der Waals surface area (Å²) in [6.07, 6.45) is 6.76. The van der Waals surface area contributed by atoms with E-state index in [1.54, 1.807) is 31.9 Å². The van der Waals surface area contributed by atoms with Crippen LogP contribution in [0.15, 0.2) is 36.9 Å². The molecule has 0 aliphatic heterocycles. The second-order valence-electron chi connectivity index (χ2n) is 3.19. The van der Waals surface area contributed by atoms with Crippen LogP contribution in [0.3, 0.4) is 0 Å². The molecule has 22 heavy (non-hydrogen) atoms. The Morgan fingerprint density at radius 2 is 1.32 bits per heavy atom. The van der Waals surface area contributed by atoms with Crippen molar-refractivity contribution in [3.8, 4) is 5.75 Å². The van der Waals surface area contributed by atoms with E-state index in [4.69, 9.17) is 4.74 Å². The summed E-state index contributed by atoms with van der Waals surface area (Å²) < 4.78 is 4.91. The van der Waals surface area contributed by atoms with Crippen molar-refractivity contribution < 1.29 is 4.74 Å². The minimum Gasteiger partial charge on any atom is -0.495 e. The van der Waals surface area contributed by atoms with Gasteiger partial charge in [-0.05, 0) is 26.0 Å². The van der Waals surface area contributed by atoms with Crippen LogP contribution in [0.2, 0.25) is 0 Å². The number of ether oxygens (including phenoxy) is 1. The Kier molecular flexibility index (Phi) is 24.2. The van der Waals surface area contributed by atoms with Crippen molar-refractivity contribution >= 4 is 0 Å². The largest absolute Gasteiger partial charge is 0.495 e. The normalized spacial score (nSPS) is 7.32. The summed E-state index contributed by atoms with van der Waals surface area (Å²) in [5.74, 6) is 0.806. The van der Waals surface area contributed by atoms with Gasteiger partial charge in [0.1, 0.15) is 5.75 Å². The molecule has 0 fully saturated rings. The van der Waals surface area contributed by atoms with E-state index in [0.29, 0.717) is 0 Å². The third-order valence-electron chi connectivity index (χ3n) is 1.81. The molecular formula is C18H33N3O. The molecule has 0 bridgehead atoms. The van der Waals surface area contributed by atoms with Crippen LogP contribution >= 0.6 is 0 Å². The lowest BCUT2D eigenvalue weighted by Gasteiger charge is -1.96. The number of nitrogens with zero attached hydrogens (tertiary/aromatic N) is 3. The van der Waals surface area contributed by atoms with Gasteiger partial charge in [-0.1, -0.05) is 41.5 Å². The van der Waals surface area contributed by atoms with Crippen LogP contribution in [0.4, 0.5) is 0 Å². The maximum Gasteiger partial charge on any atom is 0.137 e. The predicted molar refractivity (Wildman–Crippen MR) is 96.3 cm³/mol. The number of rotatable bonds is 1. The molecule has 2 rings (SSSR count). The molecule has 0 radical (unpaired) electrons. The summed E-state index contributed by atoms with van der Waals surface area (Å²) >= 11 is 0. The second-order valence-corrected chi connectivity index (χ2v) is 3.19. The first kappa shape index (κ1) is 25.0. The van der Waals surface area contributed by atoms with Crippen molar-refractivity contribution in [2.45, 2.75) is 55.4 Å². The van der Waals surface area contributed by atoms with Gasteiger partial charge in [-0.2, -0.15) is 0 Å². The lowest BCUT2D eigenvalue weighted by Crippen LogP contribution is -1.84. The first-order valence-electron chi connectivity index (χ1n) is 7.91. The molecule has 0 unspecified atom stereocenters. The Bertz CT molecular complexity index is 402. The van der Waals surface area contributed by atoms with Crippen LogP contribution in [0.5, 0.6) is 5.75 Å². The van der Waals surface area contributed by atoms with Crippen molar-refractivity contribution in [3.63, 3.8) is 0 Å². The van der Waals surface area contributed by atoms with E-state index in [1.165, 1.54) is 0 Å². The second kappa shape index (κ2) is 21.3. The summed E-state index contributed by atoms with van der Waals surface area (Å²) in [4.78, 5) is 11.8. The minimum absolute atomic E-state index is 0.806. The Hall–Kier alpha value is -1.97. The molecule has 0 atom stereocenters. The standard InChI is InChI=1S/C7H9NO.C5H6N2.3C2H6/c1-6-3-4-7(9-2)5-8-6;1-5-4-6-2-3-7-5;3*1-2/h3-5H,1-2H3;2-4H,1H3;3*1-2H3. The molecule has 0 N–H and O–H groups in total. The highest BCUT2D eigenvalue weighted by Gasteiger charge is 1.87. The maximum atomic E-state index is 4.91. The molecule has 0 saturated carbocycles. The van der Waals surface area contributed by atoms with E-state index in [0.717, 1.165) is 17.1 Å². The average molecular weight is 307 g/mol. The number of methoxy groups -OCH3 is 1. The fraction of sp³-hybridized carbons (Fsp3) is 0.500.